The highest BCUT2D eigenvalue weighted by molar-refractivity contribution is 7.99. The Balaban J connectivity index is 1.41. The first-order valence-electron chi connectivity index (χ1n) is 12.3. The zero-order chi connectivity index (χ0) is 26.4. The summed E-state index contributed by atoms with van der Waals surface area (Å²) >= 11 is 2.76. The summed E-state index contributed by atoms with van der Waals surface area (Å²) in [5, 5.41) is 12.6. The van der Waals surface area contributed by atoms with Crippen molar-refractivity contribution in [3.05, 3.63) is 64.3 Å². The Morgan fingerprint density at radius 1 is 1.30 bits per heavy atom. The van der Waals surface area contributed by atoms with Gasteiger partial charge in [0.1, 0.15) is 17.4 Å². The number of allylic oxidation sites excluding steroid dienone is 1. The molecule has 2 aromatic heterocycles. The van der Waals surface area contributed by atoms with Gasteiger partial charge in [-0.1, -0.05) is 43.8 Å². The van der Waals surface area contributed by atoms with Crippen LogP contribution in [0.2, 0.25) is 0 Å². The number of aromatic nitrogens is 3. The Morgan fingerprint density at radius 3 is 2.78 bits per heavy atom. The molecular formula is C27H32N4O4S2. The van der Waals surface area contributed by atoms with E-state index in [0.29, 0.717) is 34.0 Å². The number of benzene rings is 1. The van der Waals surface area contributed by atoms with Gasteiger partial charge in [-0.25, -0.2) is 4.79 Å². The van der Waals surface area contributed by atoms with Crippen LogP contribution in [0.15, 0.2) is 42.1 Å². The lowest BCUT2D eigenvalue weighted by atomic mass is 9.88. The Morgan fingerprint density at radius 2 is 2.08 bits per heavy atom. The van der Waals surface area contributed by atoms with E-state index in [1.54, 1.807) is 6.08 Å². The van der Waals surface area contributed by atoms with Crippen molar-refractivity contribution < 1.29 is 19.1 Å². The van der Waals surface area contributed by atoms with Crippen LogP contribution in [-0.4, -0.2) is 39.5 Å². The number of hydrogen-bond donors (Lipinski definition) is 1. The number of ether oxygens (including phenoxy) is 2. The molecule has 3 aromatic rings. The second-order valence-corrected chi connectivity index (χ2v) is 11.0. The average molecular weight is 541 g/mol. The number of aryl methyl sites for hydroxylation is 1. The third-order valence-corrected chi connectivity index (χ3v) is 8.43. The molecule has 8 nitrogen and oxygen atoms in total. The number of methoxy groups -OCH3 is 1. The highest BCUT2D eigenvalue weighted by Crippen LogP contribution is 2.40. The van der Waals surface area contributed by atoms with E-state index in [0.717, 1.165) is 41.9 Å². The Hall–Kier alpha value is -3.11. The molecule has 1 aliphatic rings. The molecule has 0 saturated carbocycles. The van der Waals surface area contributed by atoms with Crippen molar-refractivity contribution >= 4 is 40.0 Å². The maximum atomic E-state index is 12.9. The molecule has 1 aliphatic carbocycles. The number of rotatable bonds is 11. The molecule has 0 fully saturated rings. The van der Waals surface area contributed by atoms with E-state index in [-0.39, 0.29) is 18.3 Å². The van der Waals surface area contributed by atoms with Crippen LogP contribution in [-0.2, 0) is 41.9 Å². The van der Waals surface area contributed by atoms with E-state index >= 15 is 0 Å². The summed E-state index contributed by atoms with van der Waals surface area (Å²) in [6, 6.07) is 7.97. The van der Waals surface area contributed by atoms with Gasteiger partial charge in [-0.05, 0) is 54.9 Å². The molecule has 0 saturated heterocycles. The monoisotopic (exact) mass is 540 g/mol. The number of hydrogen-bond acceptors (Lipinski definition) is 8. The third kappa shape index (κ3) is 6.42. The zero-order valence-electron chi connectivity index (χ0n) is 21.4. The lowest BCUT2D eigenvalue weighted by Crippen LogP contribution is -2.17. The van der Waals surface area contributed by atoms with Crippen LogP contribution in [0, 0.1) is 5.92 Å². The van der Waals surface area contributed by atoms with Crippen molar-refractivity contribution in [2.45, 2.75) is 57.8 Å². The molecule has 1 atom stereocenters. The summed E-state index contributed by atoms with van der Waals surface area (Å²) < 4.78 is 12.8. The van der Waals surface area contributed by atoms with Crippen LogP contribution in [0.1, 0.15) is 52.5 Å². The number of anilines is 1. The lowest BCUT2D eigenvalue weighted by Gasteiger charge is -2.18. The smallest absolute Gasteiger partial charge is 0.341 e. The largest absolute Gasteiger partial charge is 0.486 e. The number of esters is 1. The van der Waals surface area contributed by atoms with Crippen molar-refractivity contribution in [2.75, 3.05) is 18.2 Å². The van der Waals surface area contributed by atoms with Crippen LogP contribution in [0.4, 0.5) is 5.00 Å². The third-order valence-electron chi connectivity index (χ3n) is 6.29. The van der Waals surface area contributed by atoms with E-state index in [1.807, 2.05) is 28.8 Å². The number of carbonyl (C=O) groups is 2. The molecule has 37 heavy (non-hydrogen) atoms. The predicted molar refractivity (Wildman–Crippen MR) is 147 cm³/mol. The first-order chi connectivity index (χ1) is 17.9. The topological polar surface area (TPSA) is 95.3 Å². The van der Waals surface area contributed by atoms with Crippen molar-refractivity contribution in [3.8, 4) is 5.75 Å². The standard InChI is InChI=1S/C27H32N4O4S2/c1-5-13-31-22(15-35-19-10-8-18(6-2)9-11-19)29-30-27(31)36-16-23(32)28-25-24(26(33)34-4)20-12-7-17(3)14-21(20)37-25/h5,8-11,17H,1,6-7,12-16H2,2-4H3,(H,28,32). The first kappa shape index (κ1) is 26.9. The fourth-order valence-electron chi connectivity index (χ4n) is 4.26. The van der Waals surface area contributed by atoms with Gasteiger partial charge in [0, 0.05) is 11.4 Å². The highest BCUT2D eigenvalue weighted by Gasteiger charge is 2.29. The minimum Gasteiger partial charge on any atom is -0.486 e. The van der Waals surface area contributed by atoms with Crippen molar-refractivity contribution in [3.63, 3.8) is 0 Å². The summed E-state index contributed by atoms with van der Waals surface area (Å²) in [6.45, 7) is 8.89. The predicted octanol–water partition coefficient (Wildman–Crippen LogP) is 5.31. The fraction of sp³-hybridized carbons (Fsp3) is 0.407. The maximum absolute atomic E-state index is 12.9. The minimum absolute atomic E-state index is 0.119. The molecule has 4 rings (SSSR count). The number of carbonyl (C=O) groups excluding carboxylic acids is 2. The van der Waals surface area contributed by atoms with Crippen LogP contribution in [0.25, 0.3) is 0 Å². The van der Waals surface area contributed by atoms with Gasteiger partial charge >= 0.3 is 5.97 Å². The molecule has 0 spiro atoms. The van der Waals surface area contributed by atoms with Crippen LogP contribution < -0.4 is 10.1 Å². The van der Waals surface area contributed by atoms with Crippen molar-refractivity contribution in [1.29, 1.82) is 0 Å². The van der Waals surface area contributed by atoms with Crippen molar-refractivity contribution in [1.82, 2.24) is 14.8 Å². The quantitative estimate of drug-likeness (QED) is 0.200. The van der Waals surface area contributed by atoms with E-state index < -0.39 is 5.97 Å². The normalized spacial score (nSPS) is 14.6. The van der Waals surface area contributed by atoms with Gasteiger partial charge in [-0.2, -0.15) is 0 Å². The highest BCUT2D eigenvalue weighted by atomic mass is 32.2. The lowest BCUT2D eigenvalue weighted by molar-refractivity contribution is -0.113. The second kappa shape index (κ2) is 12.4. The first-order valence-corrected chi connectivity index (χ1v) is 14.1. The number of thioether (sulfide) groups is 1. The molecule has 1 amide bonds. The Bertz CT molecular complexity index is 1270. The summed E-state index contributed by atoms with van der Waals surface area (Å²) in [4.78, 5) is 26.5. The van der Waals surface area contributed by atoms with Crippen LogP contribution in [0.3, 0.4) is 0 Å². The van der Waals surface area contributed by atoms with E-state index in [4.69, 9.17) is 9.47 Å². The van der Waals surface area contributed by atoms with E-state index in [1.165, 1.54) is 35.8 Å². The van der Waals surface area contributed by atoms with Gasteiger partial charge in [0.2, 0.25) is 5.91 Å². The average Bonchev–Trinajstić information content (AvgIpc) is 3.46. The van der Waals surface area contributed by atoms with Crippen LogP contribution in [0.5, 0.6) is 5.75 Å². The van der Waals surface area contributed by atoms with Crippen LogP contribution >= 0.6 is 23.1 Å². The van der Waals surface area contributed by atoms with Gasteiger partial charge in [-0.3, -0.25) is 9.36 Å². The SMILES string of the molecule is C=CCn1c(COc2ccc(CC)cc2)nnc1SCC(=O)Nc1sc2c(c1C(=O)OC)CCC(C)C2. The molecule has 1 aromatic carbocycles. The number of nitrogens with one attached hydrogen (secondary N) is 1. The van der Waals surface area contributed by atoms with E-state index in [2.05, 4.69) is 35.9 Å². The summed E-state index contributed by atoms with van der Waals surface area (Å²) in [5.41, 5.74) is 2.75. The molecule has 0 radical (unpaired) electrons. The minimum atomic E-state index is -0.408. The molecule has 2 heterocycles. The Labute approximate surface area is 225 Å². The summed E-state index contributed by atoms with van der Waals surface area (Å²) in [5.74, 6) is 1.46. The Kier molecular flexibility index (Phi) is 9.04. The number of fused-ring (bicyclic) bond motifs is 1. The molecule has 1 N–H and O–H groups in total. The molecular weight excluding hydrogens is 508 g/mol. The molecule has 1 unspecified atom stereocenters. The van der Waals surface area contributed by atoms with Gasteiger partial charge in [0.05, 0.1) is 18.4 Å². The van der Waals surface area contributed by atoms with E-state index in [9.17, 15) is 9.59 Å². The zero-order valence-corrected chi connectivity index (χ0v) is 23.0. The van der Waals surface area contributed by atoms with Gasteiger partial charge in [-0.15, -0.1) is 28.1 Å². The maximum Gasteiger partial charge on any atom is 0.341 e. The number of nitrogens with zero attached hydrogens (tertiary/aromatic N) is 3. The summed E-state index contributed by atoms with van der Waals surface area (Å²) in [6.07, 6.45) is 5.48. The van der Waals surface area contributed by atoms with Crippen molar-refractivity contribution in [2.24, 2.45) is 5.92 Å². The van der Waals surface area contributed by atoms with Gasteiger partial charge in [0.15, 0.2) is 11.0 Å². The second-order valence-electron chi connectivity index (χ2n) is 8.97. The number of amides is 1. The van der Waals surface area contributed by atoms with Gasteiger partial charge < -0.3 is 14.8 Å². The molecule has 0 aliphatic heterocycles. The summed E-state index contributed by atoms with van der Waals surface area (Å²) in [7, 11) is 1.37. The van der Waals surface area contributed by atoms with Gasteiger partial charge in [0.25, 0.3) is 0 Å². The molecule has 0 bridgehead atoms. The number of thiophene rings is 1. The molecule has 196 valence electrons. The molecule has 10 heteroatoms. The fourth-order valence-corrected chi connectivity index (χ4v) is 6.45.